The van der Waals surface area contributed by atoms with Crippen molar-refractivity contribution < 1.29 is 4.79 Å². The van der Waals surface area contributed by atoms with E-state index < -0.39 is 0 Å². The second kappa shape index (κ2) is 5.37. The molecule has 0 aliphatic carbocycles. The standard InChI is InChI=1S/C17H28N4O/c1-16(2)10-13(11-17(3,4)20-16)19-15(22)12-5-7-21-8-6-18-14(21)9-12/h6,8,12-13,20H,5,7,9-11H2,1-4H3,(H,19,22). The zero-order valence-electron chi connectivity index (χ0n) is 14.1. The number of aromatic nitrogens is 2. The summed E-state index contributed by atoms with van der Waals surface area (Å²) in [6.45, 7) is 9.75. The van der Waals surface area contributed by atoms with E-state index in [1.807, 2.05) is 12.4 Å². The third kappa shape index (κ3) is 3.35. The van der Waals surface area contributed by atoms with Crippen LogP contribution in [0.4, 0.5) is 0 Å². The van der Waals surface area contributed by atoms with E-state index in [9.17, 15) is 4.79 Å². The van der Waals surface area contributed by atoms with Crippen LogP contribution in [0.3, 0.4) is 0 Å². The highest BCUT2D eigenvalue weighted by molar-refractivity contribution is 5.79. The molecule has 1 atom stereocenters. The van der Waals surface area contributed by atoms with E-state index in [1.54, 1.807) is 0 Å². The van der Waals surface area contributed by atoms with E-state index in [4.69, 9.17) is 0 Å². The summed E-state index contributed by atoms with van der Waals surface area (Å²) in [5, 5.41) is 6.97. The predicted octanol–water partition coefficient (Wildman–Crippen LogP) is 1.87. The lowest BCUT2D eigenvalue weighted by molar-refractivity contribution is -0.126. The molecule has 0 aromatic carbocycles. The average Bonchev–Trinajstić information content (AvgIpc) is 2.81. The number of piperidine rings is 1. The molecule has 2 N–H and O–H groups in total. The maximum Gasteiger partial charge on any atom is 0.223 e. The molecule has 1 amide bonds. The predicted molar refractivity (Wildman–Crippen MR) is 86.5 cm³/mol. The molecule has 1 saturated heterocycles. The van der Waals surface area contributed by atoms with E-state index in [0.717, 1.165) is 38.1 Å². The molecule has 2 aliphatic rings. The Morgan fingerprint density at radius 2 is 2.00 bits per heavy atom. The van der Waals surface area contributed by atoms with Gasteiger partial charge in [-0.3, -0.25) is 4.79 Å². The summed E-state index contributed by atoms with van der Waals surface area (Å²) in [5.41, 5.74) is 0.116. The van der Waals surface area contributed by atoms with Crippen LogP contribution >= 0.6 is 0 Å². The van der Waals surface area contributed by atoms with Crippen molar-refractivity contribution in [3.63, 3.8) is 0 Å². The van der Waals surface area contributed by atoms with Gasteiger partial charge in [0.2, 0.25) is 5.91 Å². The van der Waals surface area contributed by atoms with E-state index in [1.165, 1.54) is 0 Å². The number of nitrogens with zero attached hydrogens (tertiary/aromatic N) is 2. The van der Waals surface area contributed by atoms with E-state index in [2.05, 4.69) is 47.9 Å². The van der Waals surface area contributed by atoms with Gasteiger partial charge in [-0.1, -0.05) is 0 Å². The Morgan fingerprint density at radius 1 is 1.32 bits per heavy atom. The van der Waals surface area contributed by atoms with Gasteiger partial charge in [0.1, 0.15) is 5.82 Å². The minimum absolute atomic E-state index is 0.0581. The number of amides is 1. The summed E-state index contributed by atoms with van der Waals surface area (Å²) in [6.07, 6.45) is 7.45. The fourth-order valence-corrected chi connectivity index (χ4v) is 4.32. The lowest BCUT2D eigenvalue weighted by atomic mass is 9.79. The summed E-state index contributed by atoms with van der Waals surface area (Å²) < 4.78 is 2.15. The van der Waals surface area contributed by atoms with Gasteiger partial charge in [0, 0.05) is 48.4 Å². The molecule has 3 rings (SSSR count). The first-order valence-corrected chi connectivity index (χ1v) is 8.34. The molecule has 1 fully saturated rings. The highest BCUT2D eigenvalue weighted by atomic mass is 16.2. The van der Waals surface area contributed by atoms with E-state index >= 15 is 0 Å². The summed E-state index contributed by atoms with van der Waals surface area (Å²) in [7, 11) is 0. The molecule has 0 bridgehead atoms. The van der Waals surface area contributed by atoms with Crippen LogP contribution < -0.4 is 10.6 Å². The quantitative estimate of drug-likeness (QED) is 0.877. The zero-order valence-corrected chi connectivity index (χ0v) is 14.1. The van der Waals surface area contributed by atoms with E-state index in [-0.39, 0.29) is 28.9 Å². The van der Waals surface area contributed by atoms with Crippen molar-refractivity contribution in [1.29, 1.82) is 0 Å². The minimum atomic E-state index is 0.0581. The zero-order chi connectivity index (χ0) is 16.0. The second-order valence-corrected chi connectivity index (χ2v) is 8.23. The topological polar surface area (TPSA) is 59.0 Å². The van der Waals surface area contributed by atoms with Crippen LogP contribution in [0.1, 0.15) is 52.8 Å². The lowest BCUT2D eigenvalue weighted by Crippen LogP contribution is -2.62. The molecule has 1 aromatic rings. The van der Waals surface area contributed by atoms with Crippen LogP contribution in [0.15, 0.2) is 12.4 Å². The Balaban J connectivity index is 1.62. The fourth-order valence-electron chi connectivity index (χ4n) is 4.32. The van der Waals surface area contributed by atoms with Gasteiger partial charge in [-0.25, -0.2) is 4.98 Å². The van der Waals surface area contributed by atoms with Crippen molar-refractivity contribution >= 4 is 5.91 Å². The smallest absolute Gasteiger partial charge is 0.223 e. The molecule has 3 heterocycles. The third-order valence-corrected chi connectivity index (χ3v) is 4.86. The number of hydrogen-bond donors (Lipinski definition) is 2. The molecule has 2 aliphatic heterocycles. The number of nitrogens with one attached hydrogen (secondary N) is 2. The molecule has 122 valence electrons. The Bertz CT molecular complexity index is 545. The number of rotatable bonds is 2. The highest BCUT2D eigenvalue weighted by Gasteiger charge is 2.39. The molecule has 0 radical (unpaired) electrons. The maximum atomic E-state index is 12.7. The molecule has 0 saturated carbocycles. The Hall–Kier alpha value is -1.36. The van der Waals surface area contributed by atoms with Crippen molar-refractivity contribution in [3.8, 4) is 0 Å². The molecule has 1 unspecified atom stereocenters. The molecule has 22 heavy (non-hydrogen) atoms. The normalized spacial score (nSPS) is 27.2. The van der Waals surface area contributed by atoms with Crippen molar-refractivity contribution in [1.82, 2.24) is 20.2 Å². The lowest BCUT2D eigenvalue weighted by Gasteiger charge is -2.46. The first-order chi connectivity index (χ1) is 10.2. The van der Waals surface area contributed by atoms with Crippen LogP contribution in [0.5, 0.6) is 0 Å². The maximum absolute atomic E-state index is 12.7. The van der Waals surface area contributed by atoms with E-state index in [0.29, 0.717) is 0 Å². The van der Waals surface area contributed by atoms with Crippen molar-refractivity contribution in [2.24, 2.45) is 5.92 Å². The first-order valence-electron chi connectivity index (χ1n) is 8.34. The number of carbonyl (C=O) groups is 1. The van der Waals surface area contributed by atoms with Gasteiger partial charge in [0.05, 0.1) is 0 Å². The molecule has 1 aromatic heterocycles. The van der Waals surface area contributed by atoms with Crippen molar-refractivity contribution in [2.75, 3.05) is 0 Å². The molecular weight excluding hydrogens is 276 g/mol. The number of hydrogen-bond acceptors (Lipinski definition) is 3. The Morgan fingerprint density at radius 3 is 2.68 bits per heavy atom. The van der Waals surface area contributed by atoms with Gasteiger partial charge < -0.3 is 15.2 Å². The molecule has 5 heteroatoms. The third-order valence-electron chi connectivity index (χ3n) is 4.86. The molecule has 0 spiro atoms. The highest BCUT2D eigenvalue weighted by Crippen LogP contribution is 2.29. The van der Waals surface area contributed by atoms with Crippen molar-refractivity contribution in [3.05, 3.63) is 18.2 Å². The SMILES string of the molecule is CC1(C)CC(NC(=O)C2CCn3ccnc3C2)CC(C)(C)N1. The first kappa shape index (κ1) is 15.5. The van der Waals surface area contributed by atoms with Gasteiger partial charge in [-0.2, -0.15) is 0 Å². The summed E-state index contributed by atoms with van der Waals surface area (Å²) in [5.74, 6) is 1.31. The fraction of sp³-hybridized carbons (Fsp3) is 0.765. The minimum Gasteiger partial charge on any atom is -0.353 e. The Labute approximate surface area is 132 Å². The van der Waals surface area contributed by atoms with Gasteiger partial charge >= 0.3 is 0 Å². The number of aryl methyl sites for hydroxylation is 1. The monoisotopic (exact) mass is 304 g/mol. The molecular formula is C17H28N4O. The summed E-state index contributed by atoms with van der Waals surface area (Å²) in [4.78, 5) is 17.0. The van der Waals surface area contributed by atoms with Gasteiger partial charge in [-0.15, -0.1) is 0 Å². The van der Waals surface area contributed by atoms with Gasteiger partial charge in [0.25, 0.3) is 0 Å². The summed E-state index contributed by atoms with van der Waals surface area (Å²) in [6, 6.07) is 0.250. The van der Waals surface area contributed by atoms with Crippen molar-refractivity contribution in [2.45, 2.75) is 77.0 Å². The second-order valence-electron chi connectivity index (χ2n) is 8.23. The number of carbonyl (C=O) groups excluding carboxylic acids is 1. The van der Waals surface area contributed by atoms with Gasteiger partial charge in [0.15, 0.2) is 0 Å². The van der Waals surface area contributed by atoms with Gasteiger partial charge in [-0.05, 0) is 47.0 Å². The van der Waals surface area contributed by atoms with Crippen LogP contribution in [-0.2, 0) is 17.8 Å². The Kier molecular flexibility index (Phi) is 3.79. The van der Waals surface area contributed by atoms with Crippen LogP contribution in [-0.4, -0.2) is 32.6 Å². The number of fused-ring (bicyclic) bond motifs is 1. The molecule has 5 nitrogen and oxygen atoms in total. The average molecular weight is 304 g/mol. The number of imidazole rings is 1. The van der Waals surface area contributed by atoms with Crippen LogP contribution in [0.2, 0.25) is 0 Å². The van der Waals surface area contributed by atoms with Crippen LogP contribution in [0, 0.1) is 5.92 Å². The largest absolute Gasteiger partial charge is 0.353 e. The van der Waals surface area contributed by atoms with Crippen LogP contribution in [0.25, 0.3) is 0 Å². The summed E-state index contributed by atoms with van der Waals surface area (Å²) >= 11 is 0.